The highest BCUT2D eigenvalue weighted by atomic mass is 16.3. The molecule has 1 heteroatoms. The maximum atomic E-state index is 6.37. The summed E-state index contributed by atoms with van der Waals surface area (Å²) in [5, 5.41) is 7.34. The average Bonchev–Trinajstić information content (AvgIpc) is 3.72. The van der Waals surface area contributed by atoms with E-state index in [1.165, 1.54) is 88.3 Å². The first-order valence-electron chi connectivity index (χ1n) is 18.1. The first kappa shape index (κ1) is 28.9. The van der Waals surface area contributed by atoms with Gasteiger partial charge in [-0.3, -0.25) is 0 Å². The number of benzene rings is 8. The summed E-state index contributed by atoms with van der Waals surface area (Å²) < 4.78 is 6.37. The summed E-state index contributed by atoms with van der Waals surface area (Å²) in [6.45, 7) is 9.59. The van der Waals surface area contributed by atoms with E-state index >= 15 is 0 Å². The van der Waals surface area contributed by atoms with Crippen LogP contribution in [-0.2, 0) is 10.8 Å². The molecule has 0 saturated heterocycles. The molecule has 0 fully saturated rings. The van der Waals surface area contributed by atoms with Crippen LogP contribution in [0.2, 0.25) is 0 Å². The van der Waals surface area contributed by atoms with Gasteiger partial charge in [0.2, 0.25) is 0 Å². The smallest absolute Gasteiger partial charge is 0.136 e. The number of furan rings is 1. The van der Waals surface area contributed by atoms with Crippen molar-refractivity contribution in [1.29, 1.82) is 0 Å². The molecule has 0 radical (unpaired) electrons. The molecule has 0 bridgehead atoms. The van der Waals surface area contributed by atoms with E-state index in [-0.39, 0.29) is 10.8 Å². The van der Waals surface area contributed by atoms with Gasteiger partial charge < -0.3 is 4.42 Å². The van der Waals surface area contributed by atoms with Gasteiger partial charge in [0.05, 0.1) is 0 Å². The Morgan fingerprint density at radius 1 is 0.333 bits per heavy atom. The molecule has 0 N–H and O–H groups in total. The van der Waals surface area contributed by atoms with Crippen LogP contribution in [0.15, 0.2) is 150 Å². The first-order chi connectivity index (χ1) is 24.8. The third-order valence-corrected chi connectivity index (χ3v) is 12.3. The molecule has 0 spiro atoms. The maximum Gasteiger partial charge on any atom is 0.136 e. The number of rotatable bonds is 2. The van der Waals surface area contributed by atoms with E-state index in [4.69, 9.17) is 4.42 Å². The second kappa shape index (κ2) is 9.86. The predicted octanol–water partition coefficient (Wildman–Crippen LogP) is 13.8. The van der Waals surface area contributed by atoms with Crippen molar-refractivity contribution < 1.29 is 4.42 Å². The molecular formula is C50H36O. The lowest BCUT2D eigenvalue weighted by Gasteiger charge is -2.26. The van der Waals surface area contributed by atoms with Gasteiger partial charge in [-0.25, -0.2) is 0 Å². The molecule has 0 aliphatic heterocycles. The van der Waals surface area contributed by atoms with Crippen molar-refractivity contribution >= 4 is 43.5 Å². The van der Waals surface area contributed by atoms with E-state index in [0.29, 0.717) is 0 Å². The fraction of sp³-hybridized carbons (Fsp3) is 0.120. The summed E-state index contributed by atoms with van der Waals surface area (Å²) in [7, 11) is 0. The van der Waals surface area contributed by atoms with Crippen molar-refractivity contribution in [2.24, 2.45) is 0 Å². The summed E-state index contributed by atoms with van der Waals surface area (Å²) in [5.74, 6) is 0. The van der Waals surface area contributed by atoms with Crippen LogP contribution in [-0.4, -0.2) is 0 Å². The lowest BCUT2D eigenvalue weighted by Crippen LogP contribution is -2.18. The molecule has 242 valence electrons. The van der Waals surface area contributed by atoms with Gasteiger partial charge in [-0.05, 0) is 119 Å². The van der Waals surface area contributed by atoms with Crippen LogP contribution >= 0.6 is 0 Å². The molecule has 2 aliphatic carbocycles. The maximum absolute atomic E-state index is 6.37. The quantitative estimate of drug-likeness (QED) is 0.169. The molecule has 0 atom stereocenters. The number of hydrogen-bond acceptors (Lipinski definition) is 1. The van der Waals surface area contributed by atoms with Crippen LogP contribution in [0.5, 0.6) is 0 Å². The third-order valence-electron chi connectivity index (χ3n) is 12.3. The van der Waals surface area contributed by atoms with Gasteiger partial charge >= 0.3 is 0 Å². The lowest BCUT2D eigenvalue weighted by molar-refractivity contribution is 0.639. The minimum absolute atomic E-state index is 0.0223. The molecule has 1 heterocycles. The molecule has 0 saturated carbocycles. The Labute approximate surface area is 297 Å². The van der Waals surface area contributed by atoms with Crippen LogP contribution in [0.4, 0.5) is 0 Å². The van der Waals surface area contributed by atoms with E-state index in [0.717, 1.165) is 21.9 Å². The number of fused-ring (bicyclic) bond motifs is 11. The molecule has 51 heavy (non-hydrogen) atoms. The van der Waals surface area contributed by atoms with Gasteiger partial charge in [0.25, 0.3) is 0 Å². The van der Waals surface area contributed by atoms with E-state index in [1.54, 1.807) is 0 Å². The molecule has 2 aliphatic rings. The number of para-hydroxylation sites is 1. The molecule has 8 aromatic carbocycles. The van der Waals surface area contributed by atoms with E-state index < -0.39 is 0 Å². The highest BCUT2D eigenvalue weighted by Gasteiger charge is 2.41. The lowest BCUT2D eigenvalue weighted by atomic mass is 9.77. The minimum Gasteiger partial charge on any atom is -0.456 e. The Bertz CT molecular complexity index is 2910. The summed E-state index contributed by atoms with van der Waals surface area (Å²) in [6, 6.07) is 54.2. The van der Waals surface area contributed by atoms with Crippen LogP contribution < -0.4 is 0 Å². The zero-order chi connectivity index (χ0) is 34.2. The van der Waals surface area contributed by atoms with Gasteiger partial charge in [0.1, 0.15) is 11.2 Å². The molecule has 9 aromatic rings. The fourth-order valence-corrected chi connectivity index (χ4v) is 9.72. The van der Waals surface area contributed by atoms with Gasteiger partial charge in [0.15, 0.2) is 0 Å². The van der Waals surface area contributed by atoms with Crippen LogP contribution in [0.25, 0.3) is 88.0 Å². The highest BCUT2D eigenvalue weighted by molar-refractivity contribution is 6.22. The van der Waals surface area contributed by atoms with E-state index in [2.05, 4.69) is 167 Å². The summed E-state index contributed by atoms with van der Waals surface area (Å²) >= 11 is 0. The zero-order valence-corrected chi connectivity index (χ0v) is 29.3. The van der Waals surface area contributed by atoms with Crippen molar-refractivity contribution in [2.45, 2.75) is 38.5 Å². The molecule has 1 aromatic heterocycles. The standard InChI is InChI=1S/C50H36O/c1-49(2)41-19-11-9-13-31(41)39-27-40-32-23-21-29(25-42(32)50(3,4)44(40)28-43(39)49)47-35-15-5-7-17-37(35)48(38-18-8-6-16-36(38)47)30-22-24-34-33-14-10-12-20-45(33)51-46(34)26-30/h5-28H,1-4H3. The van der Waals surface area contributed by atoms with Crippen molar-refractivity contribution in [2.75, 3.05) is 0 Å². The monoisotopic (exact) mass is 652 g/mol. The van der Waals surface area contributed by atoms with Gasteiger partial charge in [-0.15, -0.1) is 0 Å². The number of hydrogen-bond donors (Lipinski definition) is 0. The Kier molecular flexibility index (Phi) is 5.58. The highest BCUT2D eigenvalue weighted by Crippen LogP contribution is 2.57. The van der Waals surface area contributed by atoms with E-state index in [9.17, 15) is 0 Å². The second-order valence-corrected chi connectivity index (χ2v) is 15.6. The summed E-state index contributed by atoms with van der Waals surface area (Å²) in [5.41, 5.74) is 17.9. The van der Waals surface area contributed by atoms with Crippen molar-refractivity contribution in [3.8, 4) is 44.5 Å². The molecule has 1 nitrogen and oxygen atoms in total. The van der Waals surface area contributed by atoms with Crippen LogP contribution in [0.1, 0.15) is 49.9 Å². The normalized spacial score (nSPS) is 15.0. The van der Waals surface area contributed by atoms with Gasteiger partial charge in [-0.2, -0.15) is 0 Å². The topological polar surface area (TPSA) is 13.1 Å². The average molecular weight is 653 g/mol. The van der Waals surface area contributed by atoms with Crippen molar-refractivity contribution in [3.05, 3.63) is 168 Å². The van der Waals surface area contributed by atoms with E-state index in [1.807, 2.05) is 6.07 Å². The Balaban J connectivity index is 1.13. The largest absolute Gasteiger partial charge is 0.456 e. The predicted molar refractivity (Wildman–Crippen MR) is 215 cm³/mol. The Morgan fingerprint density at radius 3 is 1.47 bits per heavy atom. The minimum atomic E-state index is -0.131. The molecule has 0 amide bonds. The summed E-state index contributed by atoms with van der Waals surface area (Å²) in [4.78, 5) is 0. The molecule has 0 unspecified atom stereocenters. The van der Waals surface area contributed by atoms with Crippen LogP contribution in [0.3, 0.4) is 0 Å². The van der Waals surface area contributed by atoms with Crippen molar-refractivity contribution in [3.63, 3.8) is 0 Å². The van der Waals surface area contributed by atoms with Crippen molar-refractivity contribution in [1.82, 2.24) is 0 Å². The third kappa shape index (κ3) is 3.76. The van der Waals surface area contributed by atoms with Gasteiger partial charge in [-0.1, -0.05) is 143 Å². The zero-order valence-electron chi connectivity index (χ0n) is 29.3. The van der Waals surface area contributed by atoms with Gasteiger partial charge in [0, 0.05) is 21.6 Å². The Hall–Kier alpha value is -5.92. The first-order valence-corrected chi connectivity index (χ1v) is 18.1. The Morgan fingerprint density at radius 2 is 0.804 bits per heavy atom. The molecular weight excluding hydrogens is 617 g/mol. The SMILES string of the molecule is CC1(C)c2ccccc2-c2cc3c(cc21)C(C)(C)c1cc(-c2c4ccccc4c(-c4ccc5c(c4)oc4ccccc45)c4ccccc24)ccc1-3. The second-order valence-electron chi connectivity index (χ2n) is 15.6. The van der Waals surface area contributed by atoms with Crippen LogP contribution in [0, 0.1) is 0 Å². The molecule has 11 rings (SSSR count). The summed E-state index contributed by atoms with van der Waals surface area (Å²) in [6.07, 6.45) is 0. The fourth-order valence-electron chi connectivity index (χ4n) is 9.72.